The summed E-state index contributed by atoms with van der Waals surface area (Å²) in [4.78, 5) is 26.7. The van der Waals surface area contributed by atoms with E-state index in [1.165, 1.54) is 0 Å². The number of unbranched alkanes of at least 4 members (excludes halogenated alkanes) is 2. The van der Waals surface area contributed by atoms with Crippen LogP contribution in [0.15, 0.2) is 29.4 Å². The number of carbonyl (C=O) groups excluding carboxylic acids is 2. The number of rotatable bonds is 11. The van der Waals surface area contributed by atoms with Crippen LogP contribution in [0.3, 0.4) is 0 Å². The van der Waals surface area contributed by atoms with E-state index in [-0.39, 0.29) is 24.2 Å². The van der Waals surface area contributed by atoms with Gasteiger partial charge in [-0.15, -0.1) is 12.4 Å². The van der Waals surface area contributed by atoms with Gasteiger partial charge in [0.2, 0.25) is 11.8 Å². The predicted molar refractivity (Wildman–Crippen MR) is 98.2 cm³/mol. The first-order valence-corrected chi connectivity index (χ1v) is 9.51. The van der Waals surface area contributed by atoms with Gasteiger partial charge >= 0.3 is 0 Å². The van der Waals surface area contributed by atoms with Gasteiger partial charge in [0.05, 0.1) is 0 Å². The number of nitrogens with zero attached hydrogens (tertiary/aromatic N) is 1. The lowest BCUT2D eigenvalue weighted by molar-refractivity contribution is -0.122. The van der Waals surface area contributed by atoms with Crippen LogP contribution >= 0.6 is 34.0 Å². The zero-order chi connectivity index (χ0) is 16.0. The lowest BCUT2D eigenvalue weighted by Gasteiger charge is -2.05. The first-order valence-electron chi connectivity index (χ1n) is 7.19. The largest absolute Gasteiger partial charge is 0.356 e. The second-order valence-electron chi connectivity index (χ2n) is 4.55. The Labute approximate surface area is 150 Å². The molecule has 0 unspecified atom stereocenters. The molecule has 0 spiro atoms. The number of aromatic nitrogens is 1. The van der Waals surface area contributed by atoms with E-state index in [1.54, 1.807) is 27.8 Å². The second kappa shape index (κ2) is 14.6. The van der Waals surface area contributed by atoms with Crippen molar-refractivity contribution >= 4 is 45.8 Å². The molecule has 0 radical (unpaired) electrons. The summed E-state index contributed by atoms with van der Waals surface area (Å²) in [5, 5.41) is 3.83. The third kappa shape index (κ3) is 12.2. The molecule has 0 aliphatic rings. The Balaban J connectivity index is 0.00000484. The summed E-state index contributed by atoms with van der Waals surface area (Å²) in [6, 6.07) is 5.77. The van der Waals surface area contributed by atoms with Crippen molar-refractivity contribution in [3.8, 4) is 0 Å². The molecule has 0 saturated heterocycles. The van der Waals surface area contributed by atoms with E-state index in [0.29, 0.717) is 19.4 Å². The summed E-state index contributed by atoms with van der Waals surface area (Å²) in [5.74, 6) is 5.65. The van der Waals surface area contributed by atoms with Gasteiger partial charge in [0.25, 0.3) is 0 Å². The van der Waals surface area contributed by atoms with Crippen molar-refractivity contribution in [2.24, 2.45) is 5.84 Å². The van der Waals surface area contributed by atoms with Gasteiger partial charge < -0.3 is 5.32 Å². The highest BCUT2D eigenvalue weighted by atomic mass is 35.5. The number of nitrogens with two attached hydrogens (primary N) is 1. The van der Waals surface area contributed by atoms with Crippen molar-refractivity contribution in [2.45, 2.75) is 37.1 Å². The van der Waals surface area contributed by atoms with E-state index in [1.807, 2.05) is 18.2 Å². The third-order valence-electron chi connectivity index (χ3n) is 2.76. The molecule has 4 N–H and O–H groups in total. The van der Waals surface area contributed by atoms with Crippen molar-refractivity contribution in [1.82, 2.24) is 15.7 Å². The molecule has 0 saturated carbocycles. The maximum absolute atomic E-state index is 11.6. The quantitative estimate of drug-likeness (QED) is 0.180. The minimum Gasteiger partial charge on any atom is -0.356 e. The molecule has 130 valence electrons. The van der Waals surface area contributed by atoms with Gasteiger partial charge in [0, 0.05) is 31.3 Å². The molecule has 0 aliphatic carbocycles. The standard InChI is InChI=1S/C14H22N4O2S2.ClH/c15-18-13(20)6-2-1-4-9-16-12(19)8-11-21-22-14-7-3-5-10-17-14;/h3,5,7,10H,1-2,4,6,8-9,11,15H2,(H,16,19)(H,18,20);1H. The van der Waals surface area contributed by atoms with Gasteiger partial charge in [-0.3, -0.25) is 15.0 Å². The number of pyridine rings is 1. The molecule has 1 aromatic rings. The average molecular weight is 379 g/mol. The van der Waals surface area contributed by atoms with Crippen molar-refractivity contribution in [3.05, 3.63) is 24.4 Å². The first-order chi connectivity index (χ1) is 10.7. The molecule has 0 atom stereocenters. The topological polar surface area (TPSA) is 97.1 Å². The highest BCUT2D eigenvalue weighted by molar-refractivity contribution is 8.76. The van der Waals surface area contributed by atoms with Crippen LogP contribution in [-0.2, 0) is 9.59 Å². The zero-order valence-electron chi connectivity index (χ0n) is 12.8. The van der Waals surface area contributed by atoms with Crippen molar-refractivity contribution in [2.75, 3.05) is 12.3 Å². The fourth-order valence-corrected chi connectivity index (χ4v) is 3.48. The van der Waals surface area contributed by atoms with Gasteiger partial charge in [0.15, 0.2) is 0 Å². The number of amides is 2. The SMILES string of the molecule is Cl.NNC(=O)CCCCCNC(=O)CCSSc1ccccn1. The molecule has 23 heavy (non-hydrogen) atoms. The van der Waals surface area contributed by atoms with Crippen LogP contribution in [-0.4, -0.2) is 29.1 Å². The van der Waals surface area contributed by atoms with E-state index in [2.05, 4.69) is 15.7 Å². The van der Waals surface area contributed by atoms with Gasteiger partial charge in [-0.25, -0.2) is 10.8 Å². The molecule has 1 heterocycles. The minimum absolute atomic E-state index is 0. The predicted octanol–water partition coefficient (Wildman–Crippen LogP) is 2.30. The summed E-state index contributed by atoms with van der Waals surface area (Å²) in [6.45, 7) is 0.654. The Morgan fingerprint density at radius 2 is 1.96 bits per heavy atom. The molecule has 1 rings (SSSR count). The molecule has 1 aromatic heterocycles. The minimum atomic E-state index is -0.147. The molecule has 0 fully saturated rings. The molecule has 0 aromatic carbocycles. The lowest BCUT2D eigenvalue weighted by Crippen LogP contribution is -2.29. The number of hydrogen-bond acceptors (Lipinski definition) is 6. The molecule has 0 bridgehead atoms. The summed E-state index contributed by atoms with van der Waals surface area (Å²) in [6.07, 6.45) is 5.26. The Kier molecular flexibility index (Phi) is 14.0. The number of halogens is 1. The van der Waals surface area contributed by atoms with E-state index in [4.69, 9.17) is 5.84 Å². The lowest BCUT2D eigenvalue weighted by atomic mass is 10.2. The average Bonchev–Trinajstić information content (AvgIpc) is 2.55. The highest BCUT2D eigenvalue weighted by Gasteiger charge is 2.02. The first kappa shape index (κ1) is 22.0. The monoisotopic (exact) mass is 378 g/mol. The Bertz CT molecular complexity index is 452. The smallest absolute Gasteiger partial charge is 0.233 e. The maximum atomic E-state index is 11.6. The van der Waals surface area contributed by atoms with Gasteiger partial charge in [-0.2, -0.15) is 0 Å². The molecule has 9 heteroatoms. The zero-order valence-corrected chi connectivity index (χ0v) is 15.3. The normalized spacial score (nSPS) is 9.78. The Hall–Kier alpha value is -0.960. The number of nitrogens with one attached hydrogen (secondary N) is 2. The maximum Gasteiger partial charge on any atom is 0.233 e. The van der Waals surface area contributed by atoms with Gasteiger partial charge in [-0.05, 0) is 35.8 Å². The van der Waals surface area contributed by atoms with Gasteiger partial charge in [0.1, 0.15) is 5.03 Å². The number of hydrazine groups is 1. The molecule has 0 aliphatic heterocycles. The summed E-state index contributed by atoms with van der Waals surface area (Å²) >= 11 is 0. The van der Waals surface area contributed by atoms with Crippen LogP contribution in [0.25, 0.3) is 0 Å². The summed E-state index contributed by atoms with van der Waals surface area (Å²) in [7, 11) is 3.20. The van der Waals surface area contributed by atoms with Crippen LogP contribution in [0.2, 0.25) is 0 Å². The molecular weight excluding hydrogens is 356 g/mol. The highest BCUT2D eigenvalue weighted by Crippen LogP contribution is 2.29. The van der Waals surface area contributed by atoms with E-state index in [0.717, 1.165) is 30.0 Å². The number of carbonyl (C=O) groups is 2. The summed E-state index contributed by atoms with van der Waals surface area (Å²) < 4.78 is 0. The Morgan fingerprint density at radius 3 is 2.65 bits per heavy atom. The van der Waals surface area contributed by atoms with E-state index >= 15 is 0 Å². The van der Waals surface area contributed by atoms with Crippen LogP contribution in [0.5, 0.6) is 0 Å². The van der Waals surface area contributed by atoms with Crippen molar-refractivity contribution in [1.29, 1.82) is 0 Å². The molecule has 2 amide bonds. The van der Waals surface area contributed by atoms with Crippen LogP contribution in [0.1, 0.15) is 32.1 Å². The van der Waals surface area contributed by atoms with Crippen LogP contribution in [0.4, 0.5) is 0 Å². The molecular formula is C14H23ClN4O2S2. The Morgan fingerprint density at radius 1 is 1.13 bits per heavy atom. The van der Waals surface area contributed by atoms with Crippen molar-refractivity contribution in [3.63, 3.8) is 0 Å². The summed E-state index contributed by atoms with van der Waals surface area (Å²) in [5.41, 5.74) is 2.10. The van der Waals surface area contributed by atoms with E-state index < -0.39 is 0 Å². The van der Waals surface area contributed by atoms with Crippen molar-refractivity contribution < 1.29 is 9.59 Å². The number of hydrogen-bond donors (Lipinski definition) is 3. The third-order valence-corrected chi connectivity index (χ3v) is 5.03. The van der Waals surface area contributed by atoms with Gasteiger partial charge in [-0.1, -0.05) is 23.3 Å². The fourth-order valence-electron chi connectivity index (χ4n) is 1.61. The van der Waals surface area contributed by atoms with E-state index in [9.17, 15) is 9.59 Å². The fraction of sp³-hybridized carbons (Fsp3) is 0.500. The van der Waals surface area contributed by atoms with Crippen LogP contribution < -0.4 is 16.6 Å². The second-order valence-corrected chi connectivity index (χ2v) is 6.99. The molecule has 6 nitrogen and oxygen atoms in total. The van der Waals surface area contributed by atoms with Crippen LogP contribution in [0, 0.1) is 0 Å².